The van der Waals surface area contributed by atoms with E-state index in [1.807, 2.05) is 42.5 Å². The average Bonchev–Trinajstić information content (AvgIpc) is 2.82. The van der Waals surface area contributed by atoms with Crippen molar-refractivity contribution in [3.05, 3.63) is 59.6 Å². The summed E-state index contributed by atoms with van der Waals surface area (Å²) in [7, 11) is 0. The van der Waals surface area contributed by atoms with Crippen molar-refractivity contribution in [1.29, 1.82) is 0 Å². The first-order chi connectivity index (χ1) is 8.76. The highest BCUT2D eigenvalue weighted by molar-refractivity contribution is 6.30. The Morgan fingerprint density at radius 1 is 1.11 bits per heavy atom. The number of halogens is 1. The standard InChI is InChI=1S/C15H10ClNO/c1-2-10-3-8-14-13(9-10)17-15(18-14)11-4-6-12(16)7-5-11/h2-9H,1H2. The Bertz CT molecular complexity index is 713. The number of benzene rings is 2. The van der Waals surface area contributed by atoms with Crippen molar-refractivity contribution < 1.29 is 4.42 Å². The number of hydrogen-bond donors (Lipinski definition) is 0. The lowest BCUT2D eigenvalue weighted by atomic mass is 10.2. The molecule has 0 amide bonds. The minimum absolute atomic E-state index is 0.600. The quantitative estimate of drug-likeness (QED) is 0.658. The monoisotopic (exact) mass is 255 g/mol. The van der Waals surface area contributed by atoms with E-state index in [2.05, 4.69) is 11.6 Å². The zero-order valence-corrected chi connectivity index (χ0v) is 10.3. The van der Waals surface area contributed by atoms with Crippen LogP contribution in [0.4, 0.5) is 0 Å². The zero-order chi connectivity index (χ0) is 12.5. The molecule has 3 heteroatoms. The maximum Gasteiger partial charge on any atom is 0.227 e. The first-order valence-electron chi connectivity index (χ1n) is 5.55. The Morgan fingerprint density at radius 3 is 2.61 bits per heavy atom. The molecule has 88 valence electrons. The fraction of sp³-hybridized carbons (Fsp3) is 0. The van der Waals surface area contributed by atoms with Gasteiger partial charge in [0.05, 0.1) is 0 Å². The number of oxazole rings is 1. The van der Waals surface area contributed by atoms with Gasteiger partial charge < -0.3 is 4.42 Å². The largest absolute Gasteiger partial charge is 0.436 e. The molecule has 0 unspecified atom stereocenters. The van der Waals surface area contributed by atoms with Crippen LogP contribution in [0.2, 0.25) is 5.02 Å². The van der Waals surface area contributed by atoms with Crippen molar-refractivity contribution in [3.63, 3.8) is 0 Å². The molecular formula is C15H10ClNO. The third-order valence-corrected chi connectivity index (χ3v) is 2.99. The van der Waals surface area contributed by atoms with Gasteiger partial charge >= 0.3 is 0 Å². The third-order valence-electron chi connectivity index (χ3n) is 2.74. The van der Waals surface area contributed by atoms with Gasteiger partial charge in [-0.2, -0.15) is 0 Å². The molecule has 0 bridgehead atoms. The second-order valence-corrected chi connectivity index (χ2v) is 4.39. The molecule has 0 saturated heterocycles. The van der Waals surface area contributed by atoms with Gasteiger partial charge in [0, 0.05) is 10.6 Å². The molecule has 0 fully saturated rings. The predicted octanol–water partition coefficient (Wildman–Crippen LogP) is 4.79. The molecule has 0 aliphatic rings. The molecule has 3 rings (SSSR count). The molecule has 18 heavy (non-hydrogen) atoms. The molecular weight excluding hydrogens is 246 g/mol. The Balaban J connectivity index is 2.12. The van der Waals surface area contributed by atoms with Crippen LogP contribution in [0.1, 0.15) is 5.56 Å². The van der Waals surface area contributed by atoms with Crippen molar-refractivity contribution in [2.45, 2.75) is 0 Å². The van der Waals surface area contributed by atoms with E-state index in [9.17, 15) is 0 Å². The van der Waals surface area contributed by atoms with Crippen LogP contribution < -0.4 is 0 Å². The highest BCUT2D eigenvalue weighted by atomic mass is 35.5. The van der Waals surface area contributed by atoms with E-state index in [1.54, 1.807) is 6.08 Å². The van der Waals surface area contributed by atoms with Gasteiger partial charge in [-0.25, -0.2) is 4.98 Å². The molecule has 0 aliphatic heterocycles. The summed E-state index contributed by atoms with van der Waals surface area (Å²) < 4.78 is 5.70. The van der Waals surface area contributed by atoms with Crippen LogP contribution >= 0.6 is 11.6 Å². The molecule has 2 aromatic carbocycles. The van der Waals surface area contributed by atoms with Crippen LogP contribution in [-0.2, 0) is 0 Å². The van der Waals surface area contributed by atoms with Gasteiger partial charge in [0.15, 0.2) is 5.58 Å². The Hall–Kier alpha value is -2.06. The van der Waals surface area contributed by atoms with Crippen molar-refractivity contribution in [2.24, 2.45) is 0 Å². The molecule has 0 radical (unpaired) electrons. The van der Waals surface area contributed by atoms with E-state index in [-0.39, 0.29) is 0 Å². The zero-order valence-electron chi connectivity index (χ0n) is 9.56. The van der Waals surface area contributed by atoms with Crippen LogP contribution in [-0.4, -0.2) is 4.98 Å². The highest BCUT2D eigenvalue weighted by Gasteiger charge is 2.08. The molecule has 0 atom stereocenters. The fourth-order valence-electron chi connectivity index (χ4n) is 1.79. The van der Waals surface area contributed by atoms with Gasteiger partial charge in [0.1, 0.15) is 5.52 Å². The lowest BCUT2D eigenvalue weighted by molar-refractivity contribution is 0.620. The van der Waals surface area contributed by atoms with Gasteiger partial charge in [-0.05, 0) is 42.0 Å². The molecule has 0 saturated carbocycles. The van der Waals surface area contributed by atoms with Crippen LogP contribution in [0.25, 0.3) is 28.6 Å². The lowest BCUT2D eigenvalue weighted by Gasteiger charge is -1.94. The molecule has 0 N–H and O–H groups in total. The molecule has 1 heterocycles. The highest BCUT2D eigenvalue weighted by Crippen LogP contribution is 2.26. The van der Waals surface area contributed by atoms with Crippen molar-refractivity contribution in [2.75, 3.05) is 0 Å². The second-order valence-electron chi connectivity index (χ2n) is 3.96. The SMILES string of the molecule is C=Cc1ccc2oc(-c3ccc(Cl)cc3)nc2c1. The van der Waals surface area contributed by atoms with Crippen molar-refractivity contribution in [3.8, 4) is 11.5 Å². The van der Waals surface area contributed by atoms with Gasteiger partial charge in [-0.1, -0.05) is 30.3 Å². The smallest absolute Gasteiger partial charge is 0.227 e. The maximum absolute atomic E-state index is 5.86. The average molecular weight is 256 g/mol. The molecule has 2 nitrogen and oxygen atoms in total. The fourth-order valence-corrected chi connectivity index (χ4v) is 1.91. The van der Waals surface area contributed by atoms with Crippen LogP contribution in [0.5, 0.6) is 0 Å². The third kappa shape index (κ3) is 1.91. The van der Waals surface area contributed by atoms with Crippen molar-refractivity contribution >= 4 is 28.8 Å². The summed E-state index contributed by atoms with van der Waals surface area (Å²) in [6.07, 6.45) is 1.79. The van der Waals surface area contributed by atoms with Crippen molar-refractivity contribution in [1.82, 2.24) is 4.98 Å². The first kappa shape index (κ1) is 11.1. The number of fused-ring (bicyclic) bond motifs is 1. The van der Waals surface area contributed by atoms with E-state index in [1.165, 1.54) is 0 Å². The summed E-state index contributed by atoms with van der Waals surface area (Å²) >= 11 is 5.86. The maximum atomic E-state index is 5.86. The van der Waals surface area contributed by atoms with Gasteiger partial charge in [0.25, 0.3) is 0 Å². The second kappa shape index (κ2) is 4.31. The Morgan fingerprint density at radius 2 is 1.89 bits per heavy atom. The molecule has 0 aliphatic carbocycles. The van der Waals surface area contributed by atoms with E-state index in [0.717, 1.165) is 22.2 Å². The summed E-state index contributed by atoms with van der Waals surface area (Å²) in [5, 5.41) is 0.698. The number of nitrogens with zero attached hydrogens (tertiary/aromatic N) is 1. The minimum Gasteiger partial charge on any atom is -0.436 e. The van der Waals surface area contributed by atoms with Crippen LogP contribution in [0.3, 0.4) is 0 Å². The number of rotatable bonds is 2. The summed E-state index contributed by atoms with van der Waals surface area (Å²) in [5.74, 6) is 0.600. The molecule has 0 spiro atoms. The summed E-state index contributed by atoms with van der Waals surface area (Å²) in [6, 6.07) is 13.2. The Labute approximate surface area is 110 Å². The number of aromatic nitrogens is 1. The van der Waals surface area contributed by atoms with Gasteiger partial charge in [0.2, 0.25) is 5.89 Å². The molecule has 3 aromatic rings. The van der Waals surface area contributed by atoms with E-state index < -0.39 is 0 Å². The first-order valence-corrected chi connectivity index (χ1v) is 5.93. The summed E-state index contributed by atoms with van der Waals surface area (Å²) in [4.78, 5) is 4.46. The topological polar surface area (TPSA) is 26.0 Å². The summed E-state index contributed by atoms with van der Waals surface area (Å²) in [6.45, 7) is 3.74. The summed E-state index contributed by atoms with van der Waals surface area (Å²) in [5.41, 5.74) is 3.54. The van der Waals surface area contributed by atoms with E-state index in [0.29, 0.717) is 10.9 Å². The van der Waals surface area contributed by atoms with Crippen LogP contribution in [0.15, 0.2) is 53.5 Å². The van der Waals surface area contributed by atoms with Gasteiger partial charge in [-0.15, -0.1) is 0 Å². The van der Waals surface area contributed by atoms with E-state index in [4.69, 9.17) is 16.0 Å². The predicted molar refractivity (Wildman–Crippen MR) is 74.5 cm³/mol. The number of hydrogen-bond acceptors (Lipinski definition) is 2. The minimum atomic E-state index is 0.600. The van der Waals surface area contributed by atoms with Gasteiger partial charge in [-0.3, -0.25) is 0 Å². The Kier molecular flexibility index (Phi) is 2.65. The normalized spacial score (nSPS) is 10.7. The lowest BCUT2D eigenvalue weighted by Crippen LogP contribution is -1.76. The van der Waals surface area contributed by atoms with E-state index >= 15 is 0 Å². The molecule has 1 aromatic heterocycles. The van der Waals surface area contributed by atoms with Crippen LogP contribution in [0, 0.1) is 0 Å².